The fourth-order valence-corrected chi connectivity index (χ4v) is 8.62. The van der Waals surface area contributed by atoms with Crippen LogP contribution in [0.1, 0.15) is 109 Å². The Morgan fingerprint density at radius 2 is 1.10 bits per heavy atom. The number of benzene rings is 3. The molecule has 2 aliphatic rings. The highest BCUT2D eigenvalue weighted by Gasteiger charge is 2.37. The van der Waals surface area contributed by atoms with Gasteiger partial charge in [0.1, 0.15) is 29.5 Å². The van der Waals surface area contributed by atoms with Gasteiger partial charge in [0, 0.05) is 39.9 Å². The van der Waals surface area contributed by atoms with E-state index in [2.05, 4.69) is 77.4 Å². The number of aliphatic hydroxyl groups is 3. The molecule has 5 rings (SSSR count). The number of nitrogens with zero attached hydrogens (tertiary/aromatic N) is 2. The van der Waals surface area contributed by atoms with Crippen LogP contribution < -0.4 is 5.32 Å². The number of ether oxygens (including phenoxy) is 1. The third-order valence-corrected chi connectivity index (χ3v) is 15.9. The highest BCUT2D eigenvalue weighted by Crippen LogP contribution is 2.23. The quantitative estimate of drug-likeness (QED) is 0.0142. The number of carboxylic acids is 5. The van der Waals surface area contributed by atoms with Crippen molar-refractivity contribution in [3.63, 3.8) is 0 Å². The molecule has 22 nitrogen and oxygen atoms in total. The first-order valence-corrected chi connectivity index (χ1v) is 31.1. The number of sulfone groups is 1. The summed E-state index contributed by atoms with van der Waals surface area (Å²) in [6.45, 7) is 30.2. The molecule has 29 heteroatoms. The van der Waals surface area contributed by atoms with E-state index < -0.39 is 74.1 Å². The Balaban J connectivity index is -0.000000304. The second-order valence-electron chi connectivity index (χ2n) is 19.4. The molecule has 0 unspecified atom stereocenters. The van der Waals surface area contributed by atoms with Crippen molar-refractivity contribution in [1.29, 1.82) is 0 Å². The van der Waals surface area contributed by atoms with Gasteiger partial charge in [0.15, 0.2) is 32.4 Å². The maximum atomic E-state index is 12.6. The fraction of sp³-hybridized carbons (Fsp3) is 0.500. The van der Waals surface area contributed by atoms with Crippen LogP contribution in [0.4, 0.5) is 13.2 Å². The molecule has 5 atom stereocenters. The molecule has 2 fully saturated rings. The minimum absolute atomic E-state index is 0. The molecule has 0 aliphatic carbocycles. The van der Waals surface area contributed by atoms with Crippen LogP contribution in [-0.2, 0) is 52.9 Å². The average Bonchev–Trinajstić information content (AvgIpc) is 2.23. The minimum Gasteiger partial charge on any atom is -0.480 e. The molecular weight excluding hydrogens is 1300 g/mol. The van der Waals surface area contributed by atoms with Crippen molar-refractivity contribution in [1.82, 2.24) is 15.1 Å². The Kier molecular flexibility index (Phi) is 49.1. The summed E-state index contributed by atoms with van der Waals surface area (Å²) in [5.74, 6) is -8.27. The summed E-state index contributed by atoms with van der Waals surface area (Å²) in [4.78, 5) is 88.3. The maximum absolute atomic E-state index is 12.6. The van der Waals surface area contributed by atoms with Gasteiger partial charge in [-0.3, -0.25) is 19.2 Å². The van der Waals surface area contributed by atoms with Gasteiger partial charge in [0.25, 0.3) is 0 Å². The van der Waals surface area contributed by atoms with E-state index in [4.69, 9.17) is 30.6 Å². The van der Waals surface area contributed by atoms with Crippen LogP contribution >= 0.6 is 40.3 Å². The van der Waals surface area contributed by atoms with Gasteiger partial charge in [-0.1, -0.05) is 57.3 Å². The lowest BCUT2D eigenvalue weighted by molar-refractivity contribution is -0.154. The van der Waals surface area contributed by atoms with Crippen molar-refractivity contribution in [2.45, 2.75) is 153 Å². The number of esters is 1. The SMILES string of the molecule is C.C=C(C)C(=O)N1CCC[C@@H]1C(=O)O.C=C(C)C(C)=O.CCN(CC)CC.CCOC(C)=O.C[C@](O)(CBr)C(=O)O.C[C@](O)(CS(=O)(=O)c1ccc(F)cc1)C(=O)O.C[C@](O)(CSc1ccc(F)cc1)C(=O)O.Fc1ccc(S)cc1.O=C(O)[C@H]1CCCN1. The van der Waals surface area contributed by atoms with Crippen LogP contribution in [0.5, 0.6) is 0 Å². The van der Waals surface area contributed by atoms with E-state index in [0.717, 1.165) is 66.8 Å². The van der Waals surface area contributed by atoms with Crippen molar-refractivity contribution in [2.75, 3.05) is 56.2 Å². The smallest absolute Gasteiger partial charge is 0.336 e. The number of ketones is 1. The molecular formula is C60H91BrF3N3O19S3. The van der Waals surface area contributed by atoms with Crippen molar-refractivity contribution in [3.8, 4) is 0 Å². The Morgan fingerprint density at radius 3 is 1.36 bits per heavy atom. The summed E-state index contributed by atoms with van der Waals surface area (Å²) in [7, 11) is -3.98. The van der Waals surface area contributed by atoms with E-state index in [-0.39, 0.29) is 58.7 Å². The number of carbonyl (C=O) groups is 8. The zero-order chi connectivity index (χ0) is 69.3. The number of thioether (sulfide) groups is 1. The van der Waals surface area contributed by atoms with Gasteiger partial charge in [-0.05, 0) is 179 Å². The number of likely N-dealkylation sites (tertiary alicyclic amines) is 1. The fourth-order valence-electron chi connectivity index (χ4n) is 5.75. The monoisotopic (exact) mass is 1390 g/mol. The van der Waals surface area contributed by atoms with E-state index in [1.54, 1.807) is 32.9 Å². The zero-order valence-electron chi connectivity index (χ0n) is 51.4. The summed E-state index contributed by atoms with van der Waals surface area (Å²) in [6.07, 6.45) is 3.09. The highest BCUT2D eigenvalue weighted by atomic mass is 79.9. The van der Waals surface area contributed by atoms with Crippen LogP contribution in [0, 0.1) is 17.5 Å². The number of carbonyl (C=O) groups excluding carboxylic acids is 3. The van der Waals surface area contributed by atoms with E-state index in [1.807, 2.05) is 0 Å². The lowest BCUT2D eigenvalue weighted by Crippen LogP contribution is -2.41. The molecule has 1 amide bonds. The van der Waals surface area contributed by atoms with Gasteiger partial charge < -0.3 is 60.7 Å². The van der Waals surface area contributed by atoms with E-state index >= 15 is 0 Å². The summed E-state index contributed by atoms with van der Waals surface area (Å²) in [5, 5.41) is 73.0. The Morgan fingerprint density at radius 1 is 0.685 bits per heavy atom. The predicted molar refractivity (Wildman–Crippen MR) is 342 cm³/mol. The first kappa shape index (κ1) is 91.6. The lowest BCUT2D eigenvalue weighted by atomic mass is 10.1. The van der Waals surface area contributed by atoms with Gasteiger partial charge in [-0.2, -0.15) is 0 Å². The molecule has 3 aromatic carbocycles. The molecule has 9 N–H and O–H groups in total. The highest BCUT2D eigenvalue weighted by molar-refractivity contribution is 9.09. The number of hydrogen-bond acceptors (Lipinski definition) is 18. The molecule has 0 spiro atoms. The Bertz CT molecular complexity index is 2710. The zero-order valence-corrected chi connectivity index (χ0v) is 55.5. The maximum Gasteiger partial charge on any atom is 0.336 e. The number of allylic oxidation sites excluding steroid dienone is 1. The van der Waals surface area contributed by atoms with Crippen molar-refractivity contribution < 1.29 is 106 Å². The normalized spacial score (nSPS) is 15.3. The number of Topliss-reactive ketones (excluding diaryl/α,β-unsaturated/α-hetero) is 1. The number of thiol groups is 1. The molecule has 0 saturated carbocycles. The summed E-state index contributed by atoms with van der Waals surface area (Å²) in [5.41, 5.74) is -4.75. The average molecular weight is 1390 g/mol. The number of amides is 1. The van der Waals surface area contributed by atoms with Crippen LogP contribution in [0.15, 0.2) is 112 Å². The molecule has 3 aromatic rings. The van der Waals surface area contributed by atoms with Crippen LogP contribution in [0.2, 0.25) is 0 Å². The van der Waals surface area contributed by atoms with Crippen LogP contribution in [-0.4, -0.2) is 192 Å². The first-order chi connectivity index (χ1) is 40.5. The molecule has 0 aromatic heterocycles. The number of hydrogen-bond donors (Lipinski definition) is 10. The lowest BCUT2D eigenvalue weighted by Gasteiger charge is -2.21. The van der Waals surface area contributed by atoms with Gasteiger partial charge in [0.2, 0.25) is 5.91 Å². The van der Waals surface area contributed by atoms with Crippen LogP contribution in [0.25, 0.3) is 0 Å². The summed E-state index contributed by atoms with van der Waals surface area (Å²) in [6, 6.07) is 14.6. The van der Waals surface area contributed by atoms with E-state index in [0.29, 0.717) is 30.7 Å². The Labute approximate surface area is 539 Å². The van der Waals surface area contributed by atoms with E-state index in [1.165, 1.54) is 100 Å². The van der Waals surface area contributed by atoms with Gasteiger partial charge in [-0.25, -0.2) is 40.8 Å². The number of rotatable bonds is 18. The van der Waals surface area contributed by atoms with Gasteiger partial charge >= 0.3 is 35.8 Å². The molecule has 89 heavy (non-hydrogen) atoms. The molecule has 0 bridgehead atoms. The number of nitrogens with one attached hydrogen (secondary N) is 1. The van der Waals surface area contributed by atoms with Crippen LogP contribution in [0.3, 0.4) is 0 Å². The molecule has 2 aliphatic heterocycles. The van der Waals surface area contributed by atoms with Crippen molar-refractivity contribution in [2.24, 2.45) is 0 Å². The second kappa shape index (κ2) is 47.7. The van der Waals surface area contributed by atoms with Crippen molar-refractivity contribution in [3.05, 3.63) is 115 Å². The Hall–Kier alpha value is -6.18. The number of halogens is 4. The predicted octanol–water partition coefficient (Wildman–Crippen LogP) is 8.69. The molecule has 2 heterocycles. The third kappa shape index (κ3) is 44.0. The summed E-state index contributed by atoms with van der Waals surface area (Å²) >= 11 is 7.97. The van der Waals surface area contributed by atoms with Crippen molar-refractivity contribution >= 4 is 97.7 Å². The van der Waals surface area contributed by atoms with Gasteiger partial charge in [0.05, 0.1) is 17.3 Å². The molecule has 506 valence electrons. The molecule has 2 saturated heterocycles. The second-order valence-corrected chi connectivity index (χ2v) is 23.6. The topological polar surface area (TPSA) is 360 Å². The minimum atomic E-state index is -3.98. The van der Waals surface area contributed by atoms with E-state index in [9.17, 15) is 70.2 Å². The number of alkyl halides is 1. The largest absolute Gasteiger partial charge is 0.480 e. The summed E-state index contributed by atoms with van der Waals surface area (Å²) < 4.78 is 65.0. The number of aliphatic carboxylic acids is 5. The number of carboxylic acid groups (broad SMARTS) is 5. The first-order valence-electron chi connectivity index (χ1n) is 26.9. The third-order valence-electron chi connectivity index (χ3n) is 11.3. The standard InChI is InChI=1S/C10H11FO5S.C10H11FO3S.C9H13NO3.C6H5FS.C6H15N.C5H9NO2.C5H8O.C4H7BrO3.C4H8O2.CH4/c1-10(14,9(12)13)6-17(15,16)8-4-2-7(11)3-5-8;1-10(14,9(12)13)6-15-8-4-2-7(11)3-5-8;1-6(2)8(11)10-5-3-4-7(10)9(12)13;7-5-1-3-6(8)4-2-5;1-4-7(5-2)6-3;7-5(8)4-2-1-3-6-4;1-4(2)5(3)6;1-4(8,2-5)3(6)7;1-3-6-4(2)5;/h2-5,14H,6H2,1H3,(H,12,13);2-5,14H,6H2,1H3,(H,12,13);7H,1,3-5H2,2H3,(H,12,13);1-4,8H;4-6H2,1-3H3;4,6H,1-3H2,(H,7,8);1H2,2-3H3;8H,2H2,1H3,(H,6,7);3H2,1-2H3;1H4/t2*10-;7-;;;4-;;4-;;/m001..1.0../s1. The molecule has 0 radical (unpaired) electrons. The van der Waals surface area contributed by atoms with Gasteiger partial charge in [-0.15, -0.1) is 24.4 Å².